The van der Waals surface area contributed by atoms with Crippen LogP contribution < -0.4 is 5.32 Å². The van der Waals surface area contributed by atoms with Crippen LogP contribution in [0.1, 0.15) is 26.7 Å². The quantitative estimate of drug-likeness (QED) is 0.773. The molecule has 2 amide bonds. The monoisotopic (exact) mass is 312 g/mol. The van der Waals surface area contributed by atoms with Crippen LogP contribution in [0, 0.1) is 5.92 Å². The van der Waals surface area contributed by atoms with Crippen LogP contribution in [0.3, 0.4) is 0 Å². The van der Waals surface area contributed by atoms with Crippen LogP contribution in [0.2, 0.25) is 0 Å². The molecule has 6 heteroatoms. The number of carbonyl (C=O) groups is 1. The van der Waals surface area contributed by atoms with Crippen LogP contribution in [-0.2, 0) is 0 Å². The zero-order valence-corrected chi connectivity index (χ0v) is 14.3. The number of nitrogens with zero attached hydrogens (tertiary/aromatic N) is 3. The topological polar surface area (TPSA) is 59.1 Å². The Bertz CT molecular complexity index is 356. The van der Waals surface area contributed by atoms with Gasteiger partial charge in [-0.1, -0.05) is 13.8 Å². The number of amides is 2. The molecule has 2 aliphatic rings. The summed E-state index contributed by atoms with van der Waals surface area (Å²) in [6.07, 6.45) is 1.90. The van der Waals surface area contributed by atoms with Crippen LogP contribution in [-0.4, -0.2) is 90.8 Å². The van der Waals surface area contributed by atoms with E-state index in [0.29, 0.717) is 18.5 Å². The molecule has 0 saturated carbocycles. The Morgan fingerprint density at radius 3 is 2.50 bits per heavy atom. The van der Waals surface area contributed by atoms with E-state index in [2.05, 4.69) is 36.0 Å². The smallest absolute Gasteiger partial charge is 0.317 e. The van der Waals surface area contributed by atoms with E-state index in [9.17, 15) is 9.90 Å². The Kier molecular flexibility index (Phi) is 6.47. The zero-order valence-electron chi connectivity index (χ0n) is 14.3. The highest BCUT2D eigenvalue weighted by Crippen LogP contribution is 2.17. The van der Waals surface area contributed by atoms with Gasteiger partial charge in [-0.25, -0.2) is 4.79 Å². The van der Waals surface area contributed by atoms with Gasteiger partial charge in [-0.2, -0.15) is 0 Å². The van der Waals surface area contributed by atoms with E-state index in [0.717, 1.165) is 45.6 Å². The molecule has 2 atom stereocenters. The maximum absolute atomic E-state index is 12.4. The number of hydrogen-bond donors (Lipinski definition) is 2. The van der Waals surface area contributed by atoms with E-state index in [-0.39, 0.29) is 18.7 Å². The molecule has 0 aromatic carbocycles. The third-order valence-corrected chi connectivity index (χ3v) is 5.09. The van der Waals surface area contributed by atoms with Crippen LogP contribution in [0.25, 0.3) is 0 Å². The molecule has 2 fully saturated rings. The second-order valence-corrected chi connectivity index (χ2v) is 7.01. The third kappa shape index (κ3) is 4.33. The zero-order chi connectivity index (χ0) is 16.1. The summed E-state index contributed by atoms with van der Waals surface area (Å²) in [6.45, 7) is 10.3. The fraction of sp³-hybridized carbons (Fsp3) is 0.938. The van der Waals surface area contributed by atoms with Crippen LogP contribution in [0.15, 0.2) is 0 Å². The molecule has 2 unspecified atom stereocenters. The number of carbonyl (C=O) groups excluding carboxylic acids is 1. The number of likely N-dealkylation sites (N-methyl/N-ethyl adjacent to an activating group) is 1. The minimum Gasteiger partial charge on any atom is -0.394 e. The first-order valence-corrected chi connectivity index (χ1v) is 8.61. The van der Waals surface area contributed by atoms with Gasteiger partial charge in [0.15, 0.2) is 0 Å². The predicted molar refractivity (Wildman–Crippen MR) is 87.9 cm³/mol. The number of urea groups is 1. The summed E-state index contributed by atoms with van der Waals surface area (Å²) in [6, 6.07) is 0.366. The van der Waals surface area contributed by atoms with Gasteiger partial charge in [0.25, 0.3) is 0 Å². The highest BCUT2D eigenvalue weighted by Gasteiger charge is 2.30. The van der Waals surface area contributed by atoms with Crippen LogP contribution >= 0.6 is 0 Å². The molecule has 2 aliphatic heterocycles. The molecule has 2 heterocycles. The largest absolute Gasteiger partial charge is 0.394 e. The number of likely N-dealkylation sites (tertiary alicyclic amines) is 1. The average molecular weight is 312 g/mol. The molecule has 2 saturated heterocycles. The molecule has 0 bridgehead atoms. The molecule has 6 nitrogen and oxygen atoms in total. The van der Waals surface area contributed by atoms with Crippen molar-refractivity contribution in [2.45, 2.75) is 38.8 Å². The Hall–Kier alpha value is -0.850. The SMILES string of the molecule is CC(C)C(CNC(=O)N1CCCC1CO)N1CCN(C)CC1. The van der Waals surface area contributed by atoms with Gasteiger partial charge in [0.1, 0.15) is 0 Å². The summed E-state index contributed by atoms with van der Waals surface area (Å²) in [5.74, 6) is 0.510. The normalized spacial score (nSPS) is 25.7. The standard InChI is InChI=1S/C16H32N4O2/c1-13(2)15(19-9-7-18(3)8-10-19)11-17-16(22)20-6-4-5-14(20)12-21/h13-15,21H,4-12H2,1-3H3,(H,17,22). The first kappa shape index (κ1) is 17.5. The Morgan fingerprint density at radius 1 is 1.23 bits per heavy atom. The molecule has 22 heavy (non-hydrogen) atoms. The first-order valence-electron chi connectivity index (χ1n) is 8.61. The maximum atomic E-state index is 12.4. The van der Waals surface area contributed by atoms with Gasteiger partial charge in [-0.05, 0) is 25.8 Å². The summed E-state index contributed by atoms with van der Waals surface area (Å²) in [5.41, 5.74) is 0. The molecule has 0 spiro atoms. The fourth-order valence-electron chi connectivity index (χ4n) is 3.53. The molecular formula is C16H32N4O2. The van der Waals surface area contributed by atoms with E-state index in [4.69, 9.17) is 0 Å². The summed E-state index contributed by atoms with van der Waals surface area (Å²) < 4.78 is 0. The second-order valence-electron chi connectivity index (χ2n) is 7.01. The van der Waals surface area contributed by atoms with Crippen molar-refractivity contribution in [2.24, 2.45) is 5.92 Å². The van der Waals surface area contributed by atoms with Crippen molar-refractivity contribution >= 4 is 6.03 Å². The van der Waals surface area contributed by atoms with E-state index >= 15 is 0 Å². The molecule has 0 radical (unpaired) electrons. The number of aliphatic hydroxyl groups excluding tert-OH is 1. The van der Waals surface area contributed by atoms with Gasteiger partial charge < -0.3 is 20.2 Å². The summed E-state index contributed by atoms with van der Waals surface area (Å²) in [4.78, 5) is 19.0. The number of nitrogens with one attached hydrogen (secondary N) is 1. The van der Waals surface area contributed by atoms with Gasteiger partial charge in [0.05, 0.1) is 12.6 Å². The lowest BCUT2D eigenvalue weighted by molar-refractivity contribution is 0.0867. The van der Waals surface area contributed by atoms with Gasteiger partial charge in [-0.15, -0.1) is 0 Å². The van der Waals surface area contributed by atoms with Crippen molar-refractivity contribution < 1.29 is 9.90 Å². The fourth-order valence-corrected chi connectivity index (χ4v) is 3.53. The predicted octanol–water partition coefficient (Wildman–Crippen LogP) is 0.425. The average Bonchev–Trinajstić information content (AvgIpc) is 2.97. The number of rotatable bonds is 5. The highest BCUT2D eigenvalue weighted by atomic mass is 16.3. The van der Waals surface area contributed by atoms with Gasteiger partial charge in [0.2, 0.25) is 0 Å². The molecule has 0 aromatic rings. The minimum absolute atomic E-state index is 0.00105. The van der Waals surface area contributed by atoms with E-state index in [1.54, 1.807) is 4.90 Å². The first-order chi connectivity index (χ1) is 10.5. The Balaban J connectivity index is 1.85. The molecule has 0 aliphatic carbocycles. The summed E-state index contributed by atoms with van der Waals surface area (Å²) in [5, 5.41) is 12.4. The third-order valence-electron chi connectivity index (χ3n) is 5.09. The van der Waals surface area contributed by atoms with Crippen LogP contribution in [0.4, 0.5) is 4.79 Å². The number of aliphatic hydroxyl groups is 1. The van der Waals surface area contributed by atoms with Crippen molar-refractivity contribution in [1.82, 2.24) is 20.0 Å². The van der Waals surface area contributed by atoms with Crippen molar-refractivity contribution in [2.75, 3.05) is 52.9 Å². The van der Waals surface area contributed by atoms with Gasteiger partial charge in [0, 0.05) is 45.3 Å². The number of piperazine rings is 1. The molecule has 128 valence electrons. The maximum Gasteiger partial charge on any atom is 0.317 e. The number of hydrogen-bond acceptors (Lipinski definition) is 4. The molecule has 0 aromatic heterocycles. The van der Waals surface area contributed by atoms with Gasteiger partial charge >= 0.3 is 6.03 Å². The Labute approximate surface area is 134 Å². The highest BCUT2D eigenvalue weighted by molar-refractivity contribution is 5.74. The van der Waals surface area contributed by atoms with Crippen LogP contribution in [0.5, 0.6) is 0 Å². The van der Waals surface area contributed by atoms with E-state index in [1.165, 1.54) is 0 Å². The minimum atomic E-state index is -0.0173. The lowest BCUT2D eigenvalue weighted by Gasteiger charge is -2.40. The van der Waals surface area contributed by atoms with Crippen molar-refractivity contribution in [3.05, 3.63) is 0 Å². The molecule has 2 rings (SSSR count). The van der Waals surface area contributed by atoms with Gasteiger partial charge in [-0.3, -0.25) is 4.90 Å². The van der Waals surface area contributed by atoms with Crippen molar-refractivity contribution in [3.8, 4) is 0 Å². The summed E-state index contributed by atoms with van der Waals surface area (Å²) >= 11 is 0. The van der Waals surface area contributed by atoms with E-state index in [1.807, 2.05) is 0 Å². The lowest BCUT2D eigenvalue weighted by Crippen LogP contribution is -2.55. The van der Waals surface area contributed by atoms with Crippen molar-refractivity contribution in [3.63, 3.8) is 0 Å². The van der Waals surface area contributed by atoms with Crippen molar-refractivity contribution in [1.29, 1.82) is 0 Å². The molecule has 2 N–H and O–H groups in total. The second kappa shape index (κ2) is 8.13. The van der Waals surface area contributed by atoms with E-state index < -0.39 is 0 Å². The summed E-state index contributed by atoms with van der Waals surface area (Å²) in [7, 11) is 2.16. The molecular weight excluding hydrogens is 280 g/mol. The lowest BCUT2D eigenvalue weighted by atomic mass is 10.0. The Morgan fingerprint density at radius 2 is 1.91 bits per heavy atom.